The molecule has 2 aromatic carbocycles. The molecule has 1 unspecified atom stereocenters. The number of phosphoric ester groups is 1. The summed E-state index contributed by atoms with van der Waals surface area (Å²) in [6, 6.07) is 18.6. The van der Waals surface area contributed by atoms with Gasteiger partial charge in [-0.25, -0.2) is 9.09 Å². The van der Waals surface area contributed by atoms with E-state index in [2.05, 4.69) is 0 Å². The van der Waals surface area contributed by atoms with Crippen molar-refractivity contribution in [1.29, 1.82) is 0 Å². The fourth-order valence-corrected chi connectivity index (χ4v) is 3.70. The maximum atomic E-state index is 13.1. The number of carbonyl (C=O) groups is 1. The van der Waals surface area contributed by atoms with Crippen LogP contribution in [0.25, 0.3) is 0 Å². The lowest BCUT2D eigenvalue weighted by Gasteiger charge is -2.26. The lowest BCUT2D eigenvalue weighted by Crippen LogP contribution is -2.25. The van der Waals surface area contributed by atoms with Gasteiger partial charge in [-0.15, -0.1) is 0 Å². The van der Waals surface area contributed by atoms with Crippen molar-refractivity contribution < 1.29 is 27.7 Å². The molecule has 0 bridgehead atoms. The van der Waals surface area contributed by atoms with Crippen molar-refractivity contribution in [2.45, 2.75) is 38.8 Å². The van der Waals surface area contributed by atoms with Gasteiger partial charge in [0.05, 0.1) is 13.2 Å². The van der Waals surface area contributed by atoms with Gasteiger partial charge >= 0.3 is 13.8 Å². The van der Waals surface area contributed by atoms with E-state index < -0.39 is 14.1 Å². The number of benzene rings is 2. The highest BCUT2D eigenvalue weighted by molar-refractivity contribution is 7.48. The van der Waals surface area contributed by atoms with Crippen LogP contribution >= 0.6 is 7.82 Å². The highest BCUT2D eigenvalue weighted by atomic mass is 31.2. The van der Waals surface area contributed by atoms with E-state index in [0.29, 0.717) is 19.3 Å². The Morgan fingerprint density at radius 1 is 0.923 bits per heavy atom. The predicted molar refractivity (Wildman–Crippen MR) is 94.9 cm³/mol. The predicted octanol–water partition coefficient (Wildman–Crippen LogP) is 4.60. The molecule has 1 saturated heterocycles. The third-order valence-electron chi connectivity index (χ3n) is 3.79. The first-order valence-electron chi connectivity index (χ1n) is 8.48. The average molecular weight is 376 g/mol. The first-order chi connectivity index (χ1) is 12.6. The zero-order valence-electron chi connectivity index (χ0n) is 14.3. The van der Waals surface area contributed by atoms with Crippen LogP contribution < -0.4 is 0 Å². The van der Waals surface area contributed by atoms with Crippen LogP contribution in [0.15, 0.2) is 60.7 Å². The fraction of sp³-hybridized carbons (Fsp3) is 0.316. The summed E-state index contributed by atoms with van der Waals surface area (Å²) in [5.74, 6) is -0.376. The third-order valence-corrected chi connectivity index (χ3v) is 5.18. The van der Waals surface area contributed by atoms with Gasteiger partial charge in [-0.2, -0.15) is 0 Å². The molecule has 0 radical (unpaired) electrons. The number of esters is 1. The van der Waals surface area contributed by atoms with Crippen LogP contribution in [0, 0.1) is 0 Å². The molecule has 26 heavy (non-hydrogen) atoms. The van der Waals surface area contributed by atoms with Crippen LogP contribution in [0.2, 0.25) is 0 Å². The summed E-state index contributed by atoms with van der Waals surface area (Å²) in [5, 5.41) is 0. The van der Waals surface area contributed by atoms with Gasteiger partial charge in [0.2, 0.25) is 6.29 Å². The van der Waals surface area contributed by atoms with E-state index in [1.165, 1.54) is 0 Å². The smallest absolute Gasteiger partial charge is 0.435 e. The topological polar surface area (TPSA) is 71.1 Å². The maximum absolute atomic E-state index is 13.1. The number of ether oxygens (including phenoxy) is 1. The monoisotopic (exact) mass is 376 g/mol. The van der Waals surface area contributed by atoms with Crippen LogP contribution in [0.1, 0.15) is 30.4 Å². The van der Waals surface area contributed by atoms with Crippen molar-refractivity contribution in [3.8, 4) is 0 Å². The first kappa shape index (κ1) is 18.8. The quantitative estimate of drug-likeness (QED) is 0.495. The molecule has 3 rings (SSSR count). The van der Waals surface area contributed by atoms with Crippen molar-refractivity contribution in [2.75, 3.05) is 0 Å². The van der Waals surface area contributed by atoms with Gasteiger partial charge in [0.25, 0.3) is 0 Å². The molecule has 0 aromatic heterocycles. The molecule has 0 spiro atoms. The van der Waals surface area contributed by atoms with Gasteiger partial charge in [-0.3, -0.25) is 13.8 Å². The van der Waals surface area contributed by atoms with Gasteiger partial charge < -0.3 is 4.74 Å². The fourth-order valence-electron chi connectivity index (χ4n) is 2.45. The van der Waals surface area contributed by atoms with Crippen LogP contribution in [0.3, 0.4) is 0 Å². The zero-order chi connectivity index (χ0) is 18.2. The van der Waals surface area contributed by atoms with E-state index >= 15 is 0 Å². The van der Waals surface area contributed by atoms with Gasteiger partial charge in [-0.05, 0) is 17.5 Å². The van der Waals surface area contributed by atoms with E-state index in [1.54, 1.807) is 0 Å². The molecular weight excluding hydrogens is 355 g/mol. The molecule has 1 aliphatic heterocycles. The molecule has 1 aliphatic rings. The van der Waals surface area contributed by atoms with Gasteiger partial charge in [-0.1, -0.05) is 60.7 Å². The largest absolute Gasteiger partial charge is 0.478 e. The van der Waals surface area contributed by atoms with E-state index in [9.17, 15) is 9.36 Å². The zero-order valence-corrected chi connectivity index (χ0v) is 15.2. The van der Waals surface area contributed by atoms with Gasteiger partial charge in [0, 0.05) is 12.8 Å². The summed E-state index contributed by atoms with van der Waals surface area (Å²) in [6.45, 7) is 0.126. The second-order valence-electron chi connectivity index (χ2n) is 5.88. The molecule has 1 fully saturated rings. The van der Waals surface area contributed by atoms with Gasteiger partial charge in [0.15, 0.2) is 0 Å². The summed E-state index contributed by atoms with van der Waals surface area (Å²) in [7, 11) is -3.92. The Kier molecular flexibility index (Phi) is 6.58. The Bertz CT molecular complexity index is 702. The minimum Gasteiger partial charge on any atom is -0.435 e. The minimum atomic E-state index is -3.92. The normalized spacial score (nSPS) is 17.7. The number of carbonyl (C=O) groups excluding carboxylic acids is 1. The Balaban J connectivity index is 1.66. The second kappa shape index (κ2) is 9.10. The molecule has 1 heterocycles. The Morgan fingerprint density at radius 3 is 1.96 bits per heavy atom. The summed E-state index contributed by atoms with van der Waals surface area (Å²) < 4.78 is 34.6. The number of rotatable bonds is 8. The molecular formula is C19H21O6P. The molecule has 0 N–H and O–H groups in total. The van der Waals surface area contributed by atoms with E-state index in [-0.39, 0.29) is 19.2 Å². The highest BCUT2D eigenvalue weighted by Gasteiger charge is 2.34. The number of phosphoric acid groups is 1. The van der Waals surface area contributed by atoms with Crippen molar-refractivity contribution in [2.24, 2.45) is 0 Å². The molecule has 2 aromatic rings. The van der Waals surface area contributed by atoms with Crippen LogP contribution in [-0.4, -0.2) is 12.3 Å². The lowest BCUT2D eigenvalue weighted by molar-refractivity contribution is -0.174. The Morgan fingerprint density at radius 2 is 1.46 bits per heavy atom. The SMILES string of the molecule is O=C1CCCC(OP(=O)(OCc2ccccc2)OCc2ccccc2)O1. The van der Waals surface area contributed by atoms with Crippen LogP contribution in [0.4, 0.5) is 0 Å². The molecule has 7 heteroatoms. The average Bonchev–Trinajstić information content (AvgIpc) is 2.67. The second-order valence-corrected chi connectivity index (χ2v) is 7.50. The molecule has 0 saturated carbocycles. The number of hydrogen-bond acceptors (Lipinski definition) is 6. The number of cyclic esters (lactones) is 1. The van der Waals surface area contributed by atoms with Crippen LogP contribution in [0.5, 0.6) is 0 Å². The number of hydrogen-bond donors (Lipinski definition) is 0. The molecule has 0 aliphatic carbocycles. The standard InChI is InChI=1S/C19H21O6P/c20-18-12-7-13-19(24-18)25-26(21,22-14-16-8-3-1-4-9-16)23-15-17-10-5-2-6-11-17/h1-6,8-11,19H,7,12-15H2. The van der Waals surface area contributed by atoms with Crippen molar-refractivity contribution in [1.82, 2.24) is 0 Å². The van der Waals surface area contributed by atoms with Gasteiger partial charge in [0.1, 0.15) is 0 Å². The maximum Gasteiger partial charge on any atom is 0.478 e. The summed E-state index contributed by atoms with van der Waals surface area (Å²) in [5.41, 5.74) is 1.67. The van der Waals surface area contributed by atoms with E-state index in [0.717, 1.165) is 11.1 Å². The van der Waals surface area contributed by atoms with Crippen LogP contribution in [-0.2, 0) is 40.9 Å². The molecule has 138 valence electrons. The Labute approximate surface area is 152 Å². The molecule has 1 atom stereocenters. The summed E-state index contributed by atoms with van der Waals surface area (Å²) >= 11 is 0. The summed E-state index contributed by atoms with van der Waals surface area (Å²) in [6.07, 6.45) is 0.480. The first-order valence-corrected chi connectivity index (χ1v) is 9.94. The van der Waals surface area contributed by atoms with E-state index in [1.807, 2.05) is 60.7 Å². The summed E-state index contributed by atoms with van der Waals surface area (Å²) in [4.78, 5) is 11.4. The minimum absolute atomic E-state index is 0.0631. The van der Waals surface area contributed by atoms with Crippen molar-refractivity contribution in [3.05, 3.63) is 71.8 Å². The molecule has 0 amide bonds. The molecule has 6 nitrogen and oxygen atoms in total. The Hall–Kier alpha value is -1.98. The third kappa shape index (κ3) is 5.78. The van der Waals surface area contributed by atoms with E-state index in [4.69, 9.17) is 18.3 Å². The van der Waals surface area contributed by atoms with Crippen molar-refractivity contribution in [3.63, 3.8) is 0 Å². The highest BCUT2D eigenvalue weighted by Crippen LogP contribution is 2.53. The lowest BCUT2D eigenvalue weighted by atomic mass is 10.2. The van der Waals surface area contributed by atoms with Crippen molar-refractivity contribution >= 4 is 13.8 Å².